The van der Waals surface area contributed by atoms with Gasteiger partial charge in [-0.2, -0.15) is 0 Å². The van der Waals surface area contributed by atoms with Crippen molar-refractivity contribution in [2.24, 2.45) is 0 Å². The van der Waals surface area contributed by atoms with Gasteiger partial charge in [-0.1, -0.05) is 41.0 Å². The molecule has 0 fully saturated rings. The minimum Gasteiger partial charge on any atom is -0.0900 e. The molecule has 0 aliphatic carbocycles. The Bertz CT molecular complexity index is 451. The molecule has 0 aliphatic rings. The van der Waals surface area contributed by atoms with E-state index in [1.807, 2.05) is 48.5 Å². The van der Waals surface area contributed by atoms with Crippen molar-refractivity contribution in [3.8, 4) is 0 Å². The molecule has 0 amide bonds. The van der Waals surface area contributed by atoms with E-state index < -0.39 is 0 Å². The highest BCUT2D eigenvalue weighted by Crippen LogP contribution is 2.29. The second-order valence-corrected chi connectivity index (χ2v) is 5.03. The summed E-state index contributed by atoms with van der Waals surface area (Å²) >= 11 is 13.4. The first-order valence-corrected chi connectivity index (χ1v) is 6.00. The van der Waals surface area contributed by atoms with E-state index in [9.17, 15) is 0 Å². The summed E-state index contributed by atoms with van der Waals surface area (Å²) in [4.78, 5) is 2.28. The van der Waals surface area contributed by atoms with Crippen LogP contribution < -0.4 is 0 Å². The Kier molecular flexibility index (Phi) is 3.57. The fourth-order valence-electron chi connectivity index (χ4n) is 1.17. The third-order valence-corrected chi connectivity index (χ3v) is 3.33. The second kappa shape index (κ2) is 4.93. The lowest BCUT2D eigenvalue weighted by molar-refractivity contribution is 1.41. The van der Waals surface area contributed by atoms with Crippen LogP contribution in [-0.4, -0.2) is 0 Å². The van der Waals surface area contributed by atoms with Crippen LogP contribution in [0.4, 0.5) is 0 Å². The number of hydrogen-bond donors (Lipinski definition) is 0. The Morgan fingerprint density at radius 3 is 2.13 bits per heavy atom. The molecule has 15 heavy (non-hydrogen) atoms. The van der Waals surface area contributed by atoms with Gasteiger partial charge < -0.3 is 0 Å². The van der Waals surface area contributed by atoms with Gasteiger partial charge in [0.2, 0.25) is 0 Å². The van der Waals surface area contributed by atoms with Gasteiger partial charge in [0.1, 0.15) is 0 Å². The van der Waals surface area contributed by atoms with Crippen LogP contribution in [0, 0.1) is 0 Å². The first-order valence-electron chi connectivity index (χ1n) is 4.43. The van der Waals surface area contributed by atoms with Crippen LogP contribution in [-0.2, 0) is 0 Å². The molecule has 0 N–H and O–H groups in total. The smallest absolute Gasteiger partial charge is 0.0417 e. The number of benzene rings is 2. The van der Waals surface area contributed by atoms with Crippen LogP contribution in [0.1, 0.15) is 0 Å². The maximum atomic E-state index is 5.90. The van der Waals surface area contributed by atoms with Crippen molar-refractivity contribution in [1.29, 1.82) is 0 Å². The zero-order valence-corrected chi connectivity index (χ0v) is 10.1. The summed E-state index contributed by atoms with van der Waals surface area (Å²) in [6.45, 7) is 0. The van der Waals surface area contributed by atoms with Gasteiger partial charge in [0.25, 0.3) is 0 Å². The molecule has 0 bridgehead atoms. The largest absolute Gasteiger partial charge is 0.0900 e. The topological polar surface area (TPSA) is 0 Å². The van der Waals surface area contributed by atoms with E-state index >= 15 is 0 Å². The van der Waals surface area contributed by atoms with Gasteiger partial charge in [0.05, 0.1) is 0 Å². The normalized spacial score (nSPS) is 10.3. The van der Waals surface area contributed by atoms with Crippen molar-refractivity contribution < 1.29 is 0 Å². The summed E-state index contributed by atoms with van der Waals surface area (Å²) in [5.41, 5.74) is 0. The van der Waals surface area contributed by atoms with Gasteiger partial charge in [0.15, 0.2) is 0 Å². The number of rotatable bonds is 2. The van der Waals surface area contributed by atoms with Crippen molar-refractivity contribution >= 4 is 35.0 Å². The molecule has 3 heteroatoms. The lowest BCUT2D eigenvalue weighted by atomic mass is 10.4. The van der Waals surface area contributed by atoms with E-state index in [1.54, 1.807) is 11.8 Å². The maximum Gasteiger partial charge on any atom is 0.0417 e. The molecule has 0 heterocycles. The van der Waals surface area contributed by atoms with Gasteiger partial charge >= 0.3 is 0 Å². The summed E-state index contributed by atoms with van der Waals surface area (Å²) in [5, 5.41) is 1.51. The lowest BCUT2D eigenvalue weighted by Gasteiger charge is -2.01. The summed E-state index contributed by atoms with van der Waals surface area (Å²) in [7, 11) is 0. The van der Waals surface area contributed by atoms with Crippen molar-refractivity contribution in [3.63, 3.8) is 0 Å². The predicted molar refractivity (Wildman–Crippen MR) is 67.0 cm³/mol. The Labute approximate surface area is 103 Å². The third-order valence-electron chi connectivity index (χ3n) is 1.85. The van der Waals surface area contributed by atoms with E-state index in [4.69, 9.17) is 23.2 Å². The van der Waals surface area contributed by atoms with Crippen LogP contribution in [0.15, 0.2) is 58.3 Å². The molecule has 0 unspecified atom stereocenters. The average molecular weight is 255 g/mol. The molecule has 0 aliphatic heterocycles. The fraction of sp³-hybridized carbons (Fsp3) is 0. The van der Waals surface area contributed by atoms with Gasteiger partial charge in [-0.25, -0.2) is 0 Å². The summed E-state index contributed by atoms with van der Waals surface area (Å²) < 4.78 is 0. The summed E-state index contributed by atoms with van der Waals surface area (Å²) in [6, 6.07) is 15.5. The lowest BCUT2D eigenvalue weighted by Crippen LogP contribution is -1.73. The number of halogens is 2. The molecule has 76 valence electrons. The van der Waals surface area contributed by atoms with E-state index in [2.05, 4.69) is 0 Å². The first-order chi connectivity index (χ1) is 7.24. The Morgan fingerprint density at radius 1 is 0.733 bits per heavy atom. The highest BCUT2D eigenvalue weighted by Gasteiger charge is 1.97. The molecule has 0 atom stereocenters. The van der Waals surface area contributed by atoms with Crippen molar-refractivity contribution in [2.75, 3.05) is 0 Å². The molecule has 2 aromatic rings. The molecule has 0 aromatic heterocycles. The number of hydrogen-bond acceptors (Lipinski definition) is 1. The molecular weight excluding hydrogens is 247 g/mol. The molecule has 0 spiro atoms. The quantitative estimate of drug-likeness (QED) is 0.715. The minimum absolute atomic E-state index is 0.755. The first kappa shape index (κ1) is 10.9. The van der Waals surface area contributed by atoms with Crippen molar-refractivity contribution in [2.45, 2.75) is 9.79 Å². The van der Waals surface area contributed by atoms with E-state index in [0.717, 1.165) is 19.8 Å². The van der Waals surface area contributed by atoms with Crippen LogP contribution in [0.3, 0.4) is 0 Å². The summed E-state index contributed by atoms with van der Waals surface area (Å²) in [6.07, 6.45) is 0. The highest BCUT2D eigenvalue weighted by atomic mass is 35.5. The van der Waals surface area contributed by atoms with Gasteiger partial charge in [-0.15, -0.1) is 0 Å². The van der Waals surface area contributed by atoms with Gasteiger partial charge in [0, 0.05) is 19.8 Å². The van der Waals surface area contributed by atoms with E-state index in [-0.39, 0.29) is 0 Å². The molecular formula is C12H8Cl2S. The Hall–Kier alpha value is -0.630. The molecule has 2 rings (SSSR count). The second-order valence-electron chi connectivity index (χ2n) is 3.01. The molecule has 2 aromatic carbocycles. The van der Waals surface area contributed by atoms with Gasteiger partial charge in [-0.3, -0.25) is 0 Å². The van der Waals surface area contributed by atoms with Crippen LogP contribution in [0.2, 0.25) is 10.0 Å². The standard InChI is InChI=1S/C12H8Cl2S/c13-9-4-6-11(7-5-9)15-12-3-1-2-10(14)8-12/h1-8H. The third kappa shape index (κ3) is 3.16. The summed E-state index contributed by atoms with van der Waals surface area (Å²) in [5.74, 6) is 0. The van der Waals surface area contributed by atoms with E-state index in [1.165, 1.54) is 0 Å². The monoisotopic (exact) mass is 254 g/mol. The van der Waals surface area contributed by atoms with Crippen LogP contribution in [0.25, 0.3) is 0 Å². The average Bonchev–Trinajstić information content (AvgIpc) is 2.22. The maximum absolute atomic E-state index is 5.90. The zero-order chi connectivity index (χ0) is 10.7. The van der Waals surface area contributed by atoms with Crippen molar-refractivity contribution in [3.05, 3.63) is 58.6 Å². The molecule has 0 saturated carbocycles. The zero-order valence-electron chi connectivity index (χ0n) is 7.78. The van der Waals surface area contributed by atoms with Crippen LogP contribution in [0.5, 0.6) is 0 Å². The van der Waals surface area contributed by atoms with E-state index in [0.29, 0.717) is 0 Å². The van der Waals surface area contributed by atoms with Crippen LogP contribution >= 0.6 is 35.0 Å². The molecule has 0 nitrogen and oxygen atoms in total. The molecule has 0 radical (unpaired) electrons. The minimum atomic E-state index is 0.755. The fourth-order valence-corrected chi connectivity index (χ4v) is 2.43. The Balaban J connectivity index is 2.18. The SMILES string of the molecule is Clc1ccc(Sc2cccc(Cl)c2)cc1. The molecule has 0 saturated heterocycles. The van der Waals surface area contributed by atoms with Gasteiger partial charge in [-0.05, 0) is 42.5 Å². The Morgan fingerprint density at radius 2 is 1.47 bits per heavy atom. The predicted octanol–water partition coefficient (Wildman–Crippen LogP) is 5.14. The van der Waals surface area contributed by atoms with Crippen molar-refractivity contribution in [1.82, 2.24) is 0 Å². The highest BCUT2D eigenvalue weighted by molar-refractivity contribution is 7.99.